The number of piperazine rings is 1. The van der Waals surface area contributed by atoms with Crippen LogP contribution in [0.3, 0.4) is 0 Å². The molecule has 0 aromatic carbocycles. The van der Waals surface area contributed by atoms with Crippen LogP contribution in [0.2, 0.25) is 0 Å². The molecule has 1 unspecified atom stereocenters. The van der Waals surface area contributed by atoms with Crippen LogP contribution < -0.4 is 0 Å². The summed E-state index contributed by atoms with van der Waals surface area (Å²) in [6.07, 6.45) is -0.462. The number of hydrogen-bond donors (Lipinski definition) is 0. The number of carbonyl (C=O) groups is 3. The van der Waals surface area contributed by atoms with Crippen molar-refractivity contribution in [3.63, 3.8) is 0 Å². The van der Waals surface area contributed by atoms with Crippen molar-refractivity contribution in [3.8, 4) is 0 Å². The van der Waals surface area contributed by atoms with Gasteiger partial charge in [0.2, 0.25) is 11.8 Å². The molecule has 2 heterocycles. The van der Waals surface area contributed by atoms with Crippen molar-refractivity contribution in [1.29, 1.82) is 0 Å². The average molecular weight is 255 g/mol. The lowest BCUT2D eigenvalue weighted by atomic mass is 10.2. The molecule has 0 aliphatic carbocycles. The summed E-state index contributed by atoms with van der Waals surface area (Å²) in [7, 11) is 1.72. The second-order valence-corrected chi connectivity index (χ2v) is 4.56. The maximum atomic E-state index is 12.1. The van der Waals surface area contributed by atoms with E-state index in [4.69, 9.17) is 4.74 Å². The SMILES string of the molecule is CC1C(=O)N(C)CCN1C(=O)CN1CCOC1=O. The summed E-state index contributed by atoms with van der Waals surface area (Å²) in [6, 6.07) is -0.463. The Morgan fingerprint density at radius 3 is 2.67 bits per heavy atom. The molecule has 3 amide bonds. The maximum absolute atomic E-state index is 12.1. The number of nitrogens with zero attached hydrogens (tertiary/aromatic N) is 3. The summed E-state index contributed by atoms with van der Waals surface area (Å²) in [5.41, 5.74) is 0. The molecular formula is C11H17N3O4. The lowest BCUT2D eigenvalue weighted by molar-refractivity contribution is -0.149. The molecule has 100 valence electrons. The van der Waals surface area contributed by atoms with E-state index in [1.807, 2.05) is 0 Å². The van der Waals surface area contributed by atoms with Gasteiger partial charge in [0.25, 0.3) is 0 Å². The third-order valence-electron chi connectivity index (χ3n) is 3.37. The van der Waals surface area contributed by atoms with Crippen molar-refractivity contribution in [2.75, 3.05) is 39.8 Å². The Morgan fingerprint density at radius 2 is 2.06 bits per heavy atom. The van der Waals surface area contributed by atoms with Gasteiger partial charge in [-0.15, -0.1) is 0 Å². The van der Waals surface area contributed by atoms with E-state index in [9.17, 15) is 14.4 Å². The number of rotatable bonds is 2. The first-order valence-electron chi connectivity index (χ1n) is 5.97. The van der Waals surface area contributed by atoms with Gasteiger partial charge in [0, 0.05) is 20.1 Å². The highest BCUT2D eigenvalue weighted by Crippen LogP contribution is 2.11. The smallest absolute Gasteiger partial charge is 0.410 e. The minimum atomic E-state index is -0.463. The van der Waals surface area contributed by atoms with Gasteiger partial charge in [-0.25, -0.2) is 4.79 Å². The third-order valence-corrected chi connectivity index (χ3v) is 3.37. The first-order valence-corrected chi connectivity index (χ1v) is 5.97. The first-order chi connectivity index (χ1) is 8.50. The molecule has 0 spiro atoms. The number of hydrogen-bond acceptors (Lipinski definition) is 4. The topological polar surface area (TPSA) is 70.2 Å². The lowest BCUT2D eigenvalue weighted by Crippen LogP contribution is -2.58. The minimum Gasteiger partial charge on any atom is -0.448 e. The maximum Gasteiger partial charge on any atom is 0.410 e. The van der Waals surface area contributed by atoms with Crippen molar-refractivity contribution >= 4 is 17.9 Å². The molecule has 2 saturated heterocycles. The van der Waals surface area contributed by atoms with E-state index in [1.165, 1.54) is 9.80 Å². The fourth-order valence-corrected chi connectivity index (χ4v) is 2.18. The first kappa shape index (κ1) is 12.7. The van der Waals surface area contributed by atoms with E-state index in [0.29, 0.717) is 26.2 Å². The quantitative estimate of drug-likeness (QED) is 0.643. The van der Waals surface area contributed by atoms with Crippen LogP contribution in [0.5, 0.6) is 0 Å². The van der Waals surface area contributed by atoms with Gasteiger partial charge in [-0.3, -0.25) is 14.5 Å². The predicted molar refractivity (Wildman–Crippen MR) is 61.7 cm³/mol. The number of ether oxygens (including phenoxy) is 1. The molecule has 0 saturated carbocycles. The summed E-state index contributed by atoms with van der Waals surface area (Å²) < 4.78 is 4.76. The number of likely N-dealkylation sites (N-methyl/N-ethyl adjacent to an activating group) is 1. The van der Waals surface area contributed by atoms with Crippen molar-refractivity contribution < 1.29 is 19.1 Å². The van der Waals surface area contributed by atoms with Gasteiger partial charge in [-0.1, -0.05) is 0 Å². The Balaban J connectivity index is 1.96. The van der Waals surface area contributed by atoms with Gasteiger partial charge in [-0.05, 0) is 6.92 Å². The molecule has 7 heteroatoms. The Bertz CT molecular complexity index is 384. The van der Waals surface area contributed by atoms with Crippen LogP contribution >= 0.6 is 0 Å². The highest BCUT2D eigenvalue weighted by atomic mass is 16.6. The van der Waals surface area contributed by atoms with E-state index in [-0.39, 0.29) is 18.4 Å². The van der Waals surface area contributed by atoms with Crippen LogP contribution in [0.15, 0.2) is 0 Å². The van der Waals surface area contributed by atoms with Crippen molar-refractivity contribution in [2.45, 2.75) is 13.0 Å². The zero-order chi connectivity index (χ0) is 13.3. The van der Waals surface area contributed by atoms with Crippen molar-refractivity contribution in [1.82, 2.24) is 14.7 Å². The van der Waals surface area contributed by atoms with Gasteiger partial charge < -0.3 is 14.5 Å². The number of carbonyl (C=O) groups excluding carboxylic acids is 3. The monoisotopic (exact) mass is 255 g/mol. The van der Waals surface area contributed by atoms with E-state index in [2.05, 4.69) is 0 Å². The lowest BCUT2D eigenvalue weighted by Gasteiger charge is -2.37. The van der Waals surface area contributed by atoms with Crippen LogP contribution in [0.4, 0.5) is 4.79 Å². The van der Waals surface area contributed by atoms with Gasteiger partial charge >= 0.3 is 6.09 Å². The second kappa shape index (κ2) is 4.83. The second-order valence-electron chi connectivity index (χ2n) is 4.56. The zero-order valence-corrected chi connectivity index (χ0v) is 10.6. The summed E-state index contributed by atoms with van der Waals surface area (Å²) >= 11 is 0. The average Bonchev–Trinajstić information content (AvgIpc) is 2.72. The normalized spacial score (nSPS) is 24.6. The molecule has 2 fully saturated rings. The Labute approximate surface area is 105 Å². The molecule has 0 aromatic rings. The molecular weight excluding hydrogens is 238 g/mol. The summed E-state index contributed by atoms with van der Waals surface area (Å²) in [5.74, 6) is -0.276. The molecule has 0 N–H and O–H groups in total. The largest absolute Gasteiger partial charge is 0.448 e. The molecule has 7 nitrogen and oxygen atoms in total. The van der Waals surface area contributed by atoms with E-state index >= 15 is 0 Å². The molecule has 2 aliphatic heterocycles. The zero-order valence-electron chi connectivity index (χ0n) is 10.6. The molecule has 2 aliphatic rings. The molecule has 2 rings (SSSR count). The molecule has 0 radical (unpaired) electrons. The summed E-state index contributed by atoms with van der Waals surface area (Å²) in [4.78, 5) is 39.6. The highest BCUT2D eigenvalue weighted by Gasteiger charge is 2.34. The van der Waals surface area contributed by atoms with Crippen molar-refractivity contribution in [2.24, 2.45) is 0 Å². The predicted octanol–water partition coefficient (Wildman–Crippen LogP) is -0.872. The highest BCUT2D eigenvalue weighted by molar-refractivity contribution is 5.90. The van der Waals surface area contributed by atoms with Crippen molar-refractivity contribution in [3.05, 3.63) is 0 Å². The molecule has 1 atom stereocenters. The Hall–Kier alpha value is -1.79. The van der Waals surface area contributed by atoms with Gasteiger partial charge in [-0.2, -0.15) is 0 Å². The fourth-order valence-electron chi connectivity index (χ4n) is 2.18. The van der Waals surface area contributed by atoms with Crippen LogP contribution in [-0.2, 0) is 14.3 Å². The van der Waals surface area contributed by atoms with Gasteiger partial charge in [0.05, 0.1) is 6.54 Å². The molecule has 18 heavy (non-hydrogen) atoms. The Morgan fingerprint density at radius 1 is 1.33 bits per heavy atom. The Kier molecular flexibility index (Phi) is 3.40. The molecule has 0 bridgehead atoms. The number of amides is 3. The fraction of sp³-hybridized carbons (Fsp3) is 0.727. The third kappa shape index (κ3) is 2.25. The summed E-state index contributed by atoms with van der Waals surface area (Å²) in [6.45, 7) is 3.48. The van der Waals surface area contributed by atoms with E-state index in [0.717, 1.165) is 0 Å². The summed E-state index contributed by atoms with van der Waals surface area (Å²) in [5, 5.41) is 0. The molecule has 0 aromatic heterocycles. The van der Waals surface area contributed by atoms with Gasteiger partial charge in [0.1, 0.15) is 19.2 Å². The van der Waals surface area contributed by atoms with Crippen LogP contribution in [0.1, 0.15) is 6.92 Å². The number of cyclic esters (lactones) is 1. The van der Waals surface area contributed by atoms with E-state index < -0.39 is 12.1 Å². The van der Waals surface area contributed by atoms with Crippen LogP contribution in [-0.4, -0.2) is 78.5 Å². The van der Waals surface area contributed by atoms with E-state index in [1.54, 1.807) is 18.9 Å². The minimum absolute atomic E-state index is 0.0137. The van der Waals surface area contributed by atoms with Crippen LogP contribution in [0.25, 0.3) is 0 Å². The standard InChI is InChI=1S/C11H17N3O4/c1-8-10(16)12(2)3-4-14(8)9(15)7-13-5-6-18-11(13)17/h8H,3-7H2,1-2H3. The van der Waals surface area contributed by atoms with Crippen LogP contribution in [0, 0.1) is 0 Å². The van der Waals surface area contributed by atoms with Gasteiger partial charge in [0.15, 0.2) is 0 Å².